The highest BCUT2D eigenvalue weighted by Gasteiger charge is 2.17. The Hall–Kier alpha value is -0.860. The average Bonchev–Trinajstić information content (AvgIpc) is 2.26. The number of carbonyl (C=O) groups excluding carboxylic acids is 1. The van der Waals surface area contributed by atoms with E-state index in [2.05, 4.69) is 11.9 Å². The number of aliphatic imine (C=N–C) groups is 1. The van der Waals surface area contributed by atoms with Crippen molar-refractivity contribution in [3.63, 3.8) is 0 Å². The lowest BCUT2D eigenvalue weighted by Crippen LogP contribution is -2.27. The van der Waals surface area contributed by atoms with Crippen molar-refractivity contribution in [3.05, 3.63) is 0 Å². The quantitative estimate of drug-likeness (QED) is 0.608. The van der Waals surface area contributed by atoms with E-state index in [0.29, 0.717) is 6.54 Å². The number of nitrogens with zero attached hydrogens (tertiary/aromatic N) is 2. The molecular weight excluding hydrogens is 140 g/mol. The number of carbonyl (C=O) groups is 1. The van der Waals surface area contributed by atoms with Crippen LogP contribution < -0.4 is 0 Å². The smallest absolute Gasteiger partial charge is 0.266 e. The Bertz CT molecular complexity index is 187. The molecule has 0 N–H and O–H groups in total. The normalized spacial score (nSPS) is 17.5. The Labute approximate surface area is 67.1 Å². The molecule has 0 saturated heterocycles. The van der Waals surface area contributed by atoms with Crippen molar-refractivity contribution in [1.82, 2.24) is 4.90 Å². The van der Waals surface area contributed by atoms with Gasteiger partial charge in [-0.1, -0.05) is 13.3 Å². The van der Waals surface area contributed by atoms with Crippen LogP contribution in [0.4, 0.5) is 0 Å². The summed E-state index contributed by atoms with van der Waals surface area (Å²) in [5.74, 6) is 0.877. The van der Waals surface area contributed by atoms with E-state index in [4.69, 9.17) is 0 Å². The largest absolute Gasteiger partial charge is 0.351 e. The Morgan fingerprint density at radius 3 is 2.82 bits per heavy atom. The second kappa shape index (κ2) is 3.51. The van der Waals surface area contributed by atoms with Gasteiger partial charge in [0.2, 0.25) is 0 Å². The Kier molecular flexibility index (Phi) is 2.63. The van der Waals surface area contributed by atoms with Crippen LogP contribution in [-0.2, 0) is 4.79 Å². The first kappa shape index (κ1) is 8.24. The lowest BCUT2D eigenvalue weighted by molar-refractivity contribution is -0.117. The molecule has 11 heavy (non-hydrogen) atoms. The van der Waals surface area contributed by atoms with Crippen LogP contribution in [0.3, 0.4) is 0 Å². The number of amidine groups is 1. The Morgan fingerprint density at radius 2 is 2.36 bits per heavy atom. The van der Waals surface area contributed by atoms with E-state index >= 15 is 0 Å². The van der Waals surface area contributed by atoms with E-state index in [1.807, 2.05) is 11.8 Å². The molecule has 0 atom stereocenters. The van der Waals surface area contributed by atoms with Crippen molar-refractivity contribution in [2.75, 3.05) is 13.1 Å². The maximum absolute atomic E-state index is 10.8. The predicted molar refractivity (Wildman–Crippen MR) is 44.6 cm³/mol. The van der Waals surface area contributed by atoms with Crippen molar-refractivity contribution < 1.29 is 4.79 Å². The highest BCUT2D eigenvalue weighted by Crippen LogP contribution is 2.03. The van der Waals surface area contributed by atoms with Crippen LogP contribution in [0, 0.1) is 0 Å². The number of unbranched alkanes of at least 4 members (excludes halogenated alkanes) is 1. The highest BCUT2D eigenvalue weighted by atomic mass is 16.2. The van der Waals surface area contributed by atoms with Gasteiger partial charge in [-0.3, -0.25) is 4.79 Å². The molecule has 1 heterocycles. The van der Waals surface area contributed by atoms with Gasteiger partial charge in [0, 0.05) is 6.54 Å². The number of hydrogen-bond donors (Lipinski definition) is 0. The minimum atomic E-state index is -0.00129. The summed E-state index contributed by atoms with van der Waals surface area (Å²) in [6.07, 6.45) is 2.30. The first-order valence-electron chi connectivity index (χ1n) is 4.07. The molecule has 0 bridgehead atoms. The molecule has 3 nitrogen and oxygen atoms in total. The van der Waals surface area contributed by atoms with Gasteiger partial charge >= 0.3 is 0 Å². The molecule has 0 saturated carbocycles. The molecule has 0 radical (unpaired) electrons. The topological polar surface area (TPSA) is 32.7 Å². The van der Waals surface area contributed by atoms with Crippen LogP contribution in [0.2, 0.25) is 0 Å². The number of rotatable bonds is 3. The summed E-state index contributed by atoms with van der Waals surface area (Å²) in [4.78, 5) is 16.7. The number of hydrogen-bond acceptors (Lipinski definition) is 2. The molecule has 1 amide bonds. The molecular formula is C8H14N2O. The second-order valence-corrected chi connectivity index (χ2v) is 2.83. The number of amides is 1. The van der Waals surface area contributed by atoms with Crippen LogP contribution >= 0.6 is 0 Å². The summed E-state index contributed by atoms with van der Waals surface area (Å²) in [5.41, 5.74) is 0. The minimum absolute atomic E-state index is 0.00129. The standard InChI is InChI=1S/C8H14N2O/c1-3-4-5-10-6-8(11)9-7(10)2/h3-6H2,1-2H3. The fourth-order valence-corrected chi connectivity index (χ4v) is 1.15. The first-order chi connectivity index (χ1) is 5.24. The van der Waals surface area contributed by atoms with Crippen LogP contribution in [0.1, 0.15) is 26.7 Å². The molecule has 3 heteroatoms. The van der Waals surface area contributed by atoms with Gasteiger partial charge in [-0.2, -0.15) is 4.99 Å². The third kappa shape index (κ3) is 2.03. The van der Waals surface area contributed by atoms with Gasteiger partial charge in [-0.25, -0.2) is 0 Å². The predicted octanol–water partition coefficient (Wildman–Crippen LogP) is 1.05. The van der Waals surface area contributed by atoms with Crippen molar-refractivity contribution in [1.29, 1.82) is 0 Å². The average molecular weight is 154 g/mol. The summed E-state index contributed by atoms with van der Waals surface area (Å²) in [6.45, 7) is 5.49. The first-order valence-corrected chi connectivity index (χ1v) is 4.07. The van der Waals surface area contributed by atoms with Crippen LogP contribution in [0.15, 0.2) is 4.99 Å². The molecule has 0 aromatic heterocycles. The van der Waals surface area contributed by atoms with E-state index in [0.717, 1.165) is 25.2 Å². The summed E-state index contributed by atoms with van der Waals surface area (Å²) >= 11 is 0. The van der Waals surface area contributed by atoms with E-state index in [-0.39, 0.29) is 5.91 Å². The maximum atomic E-state index is 10.8. The van der Waals surface area contributed by atoms with Gasteiger partial charge in [0.25, 0.3) is 5.91 Å². The Balaban J connectivity index is 2.38. The zero-order valence-electron chi connectivity index (χ0n) is 7.13. The second-order valence-electron chi connectivity index (χ2n) is 2.83. The lowest BCUT2D eigenvalue weighted by atomic mass is 10.3. The van der Waals surface area contributed by atoms with Gasteiger partial charge in [-0.15, -0.1) is 0 Å². The summed E-state index contributed by atoms with van der Waals surface area (Å²) in [6, 6.07) is 0. The van der Waals surface area contributed by atoms with E-state index in [9.17, 15) is 4.79 Å². The van der Waals surface area contributed by atoms with Crippen molar-refractivity contribution in [3.8, 4) is 0 Å². The molecule has 0 fully saturated rings. The molecule has 0 aromatic carbocycles. The van der Waals surface area contributed by atoms with Gasteiger partial charge in [0.1, 0.15) is 12.4 Å². The Morgan fingerprint density at radius 1 is 1.64 bits per heavy atom. The van der Waals surface area contributed by atoms with Crippen LogP contribution in [-0.4, -0.2) is 29.7 Å². The molecule has 0 unspecified atom stereocenters. The van der Waals surface area contributed by atoms with Gasteiger partial charge in [-0.05, 0) is 13.3 Å². The molecule has 0 spiro atoms. The third-order valence-corrected chi connectivity index (χ3v) is 1.85. The van der Waals surface area contributed by atoms with Crippen molar-refractivity contribution in [2.45, 2.75) is 26.7 Å². The van der Waals surface area contributed by atoms with Gasteiger partial charge in [0.15, 0.2) is 0 Å². The molecule has 1 aliphatic heterocycles. The molecule has 1 aliphatic rings. The van der Waals surface area contributed by atoms with Gasteiger partial charge < -0.3 is 4.90 Å². The molecule has 62 valence electrons. The fourth-order valence-electron chi connectivity index (χ4n) is 1.15. The SMILES string of the molecule is CCCCN1CC(=O)N=C1C. The van der Waals surface area contributed by atoms with Crippen molar-refractivity contribution in [2.24, 2.45) is 4.99 Å². The zero-order valence-corrected chi connectivity index (χ0v) is 7.13. The summed E-state index contributed by atoms with van der Waals surface area (Å²) in [7, 11) is 0. The fraction of sp³-hybridized carbons (Fsp3) is 0.750. The van der Waals surface area contributed by atoms with Gasteiger partial charge in [0.05, 0.1) is 0 Å². The van der Waals surface area contributed by atoms with Crippen LogP contribution in [0.25, 0.3) is 0 Å². The maximum Gasteiger partial charge on any atom is 0.266 e. The zero-order chi connectivity index (χ0) is 8.27. The monoisotopic (exact) mass is 154 g/mol. The summed E-state index contributed by atoms with van der Waals surface area (Å²) in [5, 5.41) is 0. The third-order valence-electron chi connectivity index (χ3n) is 1.85. The van der Waals surface area contributed by atoms with E-state index in [1.54, 1.807) is 0 Å². The van der Waals surface area contributed by atoms with Crippen molar-refractivity contribution >= 4 is 11.7 Å². The molecule has 0 aromatic rings. The summed E-state index contributed by atoms with van der Waals surface area (Å²) < 4.78 is 0. The minimum Gasteiger partial charge on any atom is -0.351 e. The molecule has 1 rings (SSSR count). The van der Waals surface area contributed by atoms with E-state index < -0.39 is 0 Å². The highest BCUT2D eigenvalue weighted by molar-refractivity contribution is 6.00. The van der Waals surface area contributed by atoms with E-state index in [1.165, 1.54) is 0 Å². The lowest BCUT2D eigenvalue weighted by Gasteiger charge is -2.15. The molecule has 0 aliphatic carbocycles. The van der Waals surface area contributed by atoms with Crippen LogP contribution in [0.5, 0.6) is 0 Å².